The number of hydrogen-bond donors (Lipinski definition) is 3. The van der Waals surface area contributed by atoms with E-state index in [4.69, 9.17) is 4.74 Å². The van der Waals surface area contributed by atoms with Crippen LogP contribution < -0.4 is 15.4 Å². The van der Waals surface area contributed by atoms with Crippen molar-refractivity contribution >= 4 is 0 Å². The molecule has 0 unspecified atom stereocenters. The van der Waals surface area contributed by atoms with E-state index in [1.165, 1.54) is 11.1 Å². The summed E-state index contributed by atoms with van der Waals surface area (Å²) in [5.74, 6) is 1.17. The minimum atomic E-state index is -0.541. The summed E-state index contributed by atoms with van der Waals surface area (Å²) in [4.78, 5) is 0. The summed E-state index contributed by atoms with van der Waals surface area (Å²) in [5.41, 5.74) is 3.79. The van der Waals surface area contributed by atoms with Crippen LogP contribution in [0.3, 0.4) is 0 Å². The molecule has 4 nitrogen and oxygen atoms in total. The van der Waals surface area contributed by atoms with Gasteiger partial charge in [0.05, 0.1) is 0 Å². The van der Waals surface area contributed by atoms with Gasteiger partial charge in [0.15, 0.2) is 0 Å². The quantitative estimate of drug-likeness (QED) is 0.334. The highest BCUT2D eigenvalue weighted by atomic mass is 16.5. The Morgan fingerprint density at radius 2 is 1.33 bits per heavy atom. The molecule has 0 aliphatic carbocycles. The largest absolute Gasteiger partial charge is 0.490 e. The third kappa shape index (κ3) is 8.01. The summed E-state index contributed by atoms with van der Waals surface area (Å²) in [5, 5.41) is 17.1. The van der Waals surface area contributed by atoms with Crippen molar-refractivity contribution in [3.8, 4) is 5.75 Å². The first-order valence-electron chi connectivity index (χ1n) is 12.0. The van der Waals surface area contributed by atoms with E-state index in [0.717, 1.165) is 24.3 Å². The van der Waals surface area contributed by atoms with E-state index >= 15 is 0 Å². The smallest absolute Gasteiger partial charge is 0.124 e. The Kier molecular flexibility index (Phi) is 9.95. The van der Waals surface area contributed by atoms with Crippen LogP contribution >= 0.6 is 0 Å². The number of rotatable bonds is 13. The molecule has 0 bridgehead atoms. The third-order valence-corrected chi connectivity index (χ3v) is 5.87. The normalized spacial score (nSPS) is 13.3. The minimum absolute atomic E-state index is 0.138. The van der Waals surface area contributed by atoms with E-state index in [2.05, 4.69) is 98.1 Å². The van der Waals surface area contributed by atoms with E-state index < -0.39 is 6.10 Å². The van der Waals surface area contributed by atoms with E-state index in [1.54, 1.807) is 0 Å². The lowest BCUT2D eigenvalue weighted by Crippen LogP contribution is -2.35. The van der Waals surface area contributed by atoms with Crippen molar-refractivity contribution in [3.05, 3.63) is 102 Å². The summed E-state index contributed by atoms with van der Waals surface area (Å²) in [6.07, 6.45) is 0.460. The molecule has 3 rings (SSSR count). The molecule has 0 saturated carbocycles. The number of aliphatic hydroxyl groups excluding tert-OH is 1. The van der Waals surface area contributed by atoms with Gasteiger partial charge in [0, 0.05) is 30.1 Å². The number of nitrogens with one attached hydrogen (secondary N) is 2. The monoisotopic (exact) mass is 446 g/mol. The number of para-hydroxylation sites is 1. The molecular formula is C29H38N2O2. The Morgan fingerprint density at radius 1 is 0.758 bits per heavy atom. The van der Waals surface area contributed by atoms with Crippen LogP contribution in [0.15, 0.2) is 84.9 Å². The fourth-order valence-electron chi connectivity index (χ4n) is 4.04. The average Bonchev–Trinajstić information content (AvgIpc) is 2.85. The van der Waals surface area contributed by atoms with Crippen molar-refractivity contribution in [2.24, 2.45) is 0 Å². The Hall–Kier alpha value is -2.66. The highest BCUT2D eigenvalue weighted by Crippen LogP contribution is 2.29. The van der Waals surface area contributed by atoms with Gasteiger partial charge >= 0.3 is 0 Å². The van der Waals surface area contributed by atoms with Gasteiger partial charge < -0.3 is 20.5 Å². The van der Waals surface area contributed by atoms with Crippen molar-refractivity contribution in [2.45, 2.75) is 51.3 Å². The molecule has 4 heteroatoms. The molecule has 0 saturated heterocycles. The van der Waals surface area contributed by atoms with Crippen LogP contribution in [0.25, 0.3) is 0 Å². The topological polar surface area (TPSA) is 53.5 Å². The first-order chi connectivity index (χ1) is 16.0. The minimum Gasteiger partial charge on any atom is -0.490 e. The molecule has 0 amide bonds. The highest BCUT2D eigenvalue weighted by molar-refractivity contribution is 5.36. The van der Waals surface area contributed by atoms with Gasteiger partial charge in [-0.3, -0.25) is 0 Å². The van der Waals surface area contributed by atoms with Crippen LogP contribution in [0.2, 0.25) is 0 Å². The van der Waals surface area contributed by atoms with Gasteiger partial charge in [0.2, 0.25) is 0 Å². The number of aliphatic hydroxyl groups is 1. The molecular weight excluding hydrogens is 408 g/mol. The average molecular weight is 447 g/mol. The lowest BCUT2D eigenvalue weighted by Gasteiger charge is -2.22. The van der Waals surface area contributed by atoms with Crippen molar-refractivity contribution in [3.63, 3.8) is 0 Å². The van der Waals surface area contributed by atoms with Crippen LogP contribution in [0.5, 0.6) is 5.75 Å². The van der Waals surface area contributed by atoms with Gasteiger partial charge in [0.25, 0.3) is 0 Å². The van der Waals surface area contributed by atoms with Gasteiger partial charge in [-0.1, -0.05) is 92.7 Å². The maximum Gasteiger partial charge on any atom is 0.124 e. The Morgan fingerprint density at radius 3 is 1.94 bits per heavy atom. The zero-order valence-corrected chi connectivity index (χ0v) is 20.1. The summed E-state index contributed by atoms with van der Waals surface area (Å²) in [7, 11) is 0. The molecule has 0 aliphatic heterocycles. The molecule has 176 valence electrons. The number of ether oxygens (including phenoxy) is 1. The molecule has 0 aliphatic rings. The molecule has 3 aromatic carbocycles. The lowest BCUT2D eigenvalue weighted by atomic mass is 9.88. The van der Waals surface area contributed by atoms with Crippen LogP contribution in [0, 0.1) is 0 Å². The zero-order valence-electron chi connectivity index (χ0n) is 20.1. The van der Waals surface area contributed by atoms with Crippen molar-refractivity contribution in [1.82, 2.24) is 10.6 Å². The summed E-state index contributed by atoms with van der Waals surface area (Å²) >= 11 is 0. The van der Waals surface area contributed by atoms with Crippen molar-refractivity contribution in [2.75, 3.05) is 19.7 Å². The maximum absolute atomic E-state index is 10.2. The van der Waals surface area contributed by atoms with Crippen molar-refractivity contribution in [1.29, 1.82) is 0 Å². The van der Waals surface area contributed by atoms with E-state index in [1.807, 2.05) is 18.2 Å². The fourth-order valence-corrected chi connectivity index (χ4v) is 4.04. The van der Waals surface area contributed by atoms with Gasteiger partial charge in [-0.05, 0) is 37.1 Å². The maximum atomic E-state index is 10.2. The summed E-state index contributed by atoms with van der Waals surface area (Å²) < 4.78 is 5.99. The first-order valence-corrected chi connectivity index (χ1v) is 12.0. The molecule has 0 heterocycles. The van der Waals surface area contributed by atoms with Crippen LogP contribution in [0.4, 0.5) is 0 Å². The molecule has 3 aromatic rings. The molecule has 33 heavy (non-hydrogen) atoms. The van der Waals surface area contributed by atoms with Gasteiger partial charge in [-0.2, -0.15) is 0 Å². The summed E-state index contributed by atoms with van der Waals surface area (Å²) in [6, 6.07) is 30.0. The predicted octanol–water partition coefficient (Wildman–Crippen LogP) is 5.30. The predicted molar refractivity (Wildman–Crippen MR) is 137 cm³/mol. The summed E-state index contributed by atoms with van der Waals surface area (Å²) in [6.45, 7) is 7.97. The first kappa shape index (κ1) is 25.0. The number of hydrogen-bond acceptors (Lipinski definition) is 4. The Bertz CT molecular complexity index is 891. The molecule has 0 fully saturated rings. The SMILES string of the molecule is CC(C)NC[C@H](O)COc1ccccc1[C@@H](C)NCCC(c1ccccc1)c1ccccc1. The highest BCUT2D eigenvalue weighted by Gasteiger charge is 2.16. The zero-order chi connectivity index (χ0) is 23.5. The molecule has 3 N–H and O–H groups in total. The Labute approximate surface area is 199 Å². The second kappa shape index (κ2) is 13.1. The third-order valence-electron chi connectivity index (χ3n) is 5.87. The van der Waals surface area contributed by atoms with Crippen LogP contribution in [-0.2, 0) is 0 Å². The molecule has 2 atom stereocenters. The second-order valence-corrected chi connectivity index (χ2v) is 8.90. The van der Waals surface area contributed by atoms with E-state index in [0.29, 0.717) is 18.5 Å². The molecule has 0 aromatic heterocycles. The fraction of sp³-hybridized carbons (Fsp3) is 0.379. The molecule has 0 radical (unpaired) electrons. The van der Waals surface area contributed by atoms with Gasteiger partial charge in [0.1, 0.15) is 18.5 Å². The van der Waals surface area contributed by atoms with Crippen LogP contribution in [-0.4, -0.2) is 36.9 Å². The van der Waals surface area contributed by atoms with Gasteiger partial charge in [-0.25, -0.2) is 0 Å². The lowest BCUT2D eigenvalue weighted by molar-refractivity contribution is 0.104. The van der Waals surface area contributed by atoms with Crippen LogP contribution in [0.1, 0.15) is 55.8 Å². The van der Waals surface area contributed by atoms with Gasteiger partial charge in [-0.15, -0.1) is 0 Å². The standard InChI is InChI=1S/C29H38N2O2/c1-22(2)31-20-26(32)21-33-29-17-11-10-16-27(29)23(3)30-19-18-28(24-12-6-4-7-13-24)25-14-8-5-9-15-25/h4-17,22-23,26,28,30-32H,18-21H2,1-3H3/t23-,26+/m1/s1. The Balaban J connectivity index is 1.59. The van der Waals surface area contributed by atoms with E-state index in [-0.39, 0.29) is 12.6 Å². The number of benzene rings is 3. The second-order valence-electron chi connectivity index (χ2n) is 8.90. The van der Waals surface area contributed by atoms with E-state index in [9.17, 15) is 5.11 Å². The molecule has 0 spiro atoms. The van der Waals surface area contributed by atoms with Crippen molar-refractivity contribution < 1.29 is 9.84 Å².